The molecule has 8 nitrogen and oxygen atoms in total. The summed E-state index contributed by atoms with van der Waals surface area (Å²) in [4.78, 5) is 44.2. The number of amides is 2. The van der Waals surface area contributed by atoms with Crippen molar-refractivity contribution in [2.24, 2.45) is 11.8 Å². The smallest absolute Gasteiger partial charge is 0.312 e. The first-order chi connectivity index (χ1) is 16.4. The second-order valence-corrected chi connectivity index (χ2v) is 9.57. The van der Waals surface area contributed by atoms with E-state index in [2.05, 4.69) is 20.1 Å². The predicted molar refractivity (Wildman–Crippen MR) is 128 cm³/mol. The van der Waals surface area contributed by atoms with Gasteiger partial charge in [0.05, 0.1) is 37.2 Å². The van der Waals surface area contributed by atoms with Crippen LogP contribution in [0, 0.1) is 11.8 Å². The molecule has 2 amide bonds. The lowest BCUT2D eigenvalue weighted by atomic mass is 9.70. The molecule has 1 spiro atoms. The van der Waals surface area contributed by atoms with Crippen molar-refractivity contribution in [1.82, 2.24) is 9.80 Å². The van der Waals surface area contributed by atoms with E-state index in [4.69, 9.17) is 9.47 Å². The molecule has 1 N–H and O–H groups in total. The van der Waals surface area contributed by atoms with E-state index in [9.17, 15) is 19.5 Å². The molecule has 190 valence electrons. The lowest BCUT2D eigenvalue weighted by molar-refractivity contribution is -0.156. The Hall–Kier alpha value is -2.19. The van der Waals surface area contributed by atoms with Gasteiger partial charge in [-0.1, -0.05) is 38.8 Å². The quantitative estimate of drug-likeness (QED) is 0.235. The Morgan fingerprint density at radius 3 is 2.71 bits per heavy atom. The summed E-state index contributed by atoms with van der Waals surface area (Å²) in [5.74, 6) is -2.46. The molecule has 2 unspecified atom stereocenters. The van der Waals surface area contributed by atoms with Gasteiger partial charge in [-0.3, -0.25) is 14.4 Å². The number of esters is 1. The zero-order valence-corrected chi connectivity index (χ0v) is 20.6. The van der Waals surface area contributed by atoms with Crippen LogP contribution in [-0.4, -0.2) is 82.8 Å². The molecule has 0 aromatic carbocycles. The maximum atomic E-state index is 14.0. The Labute approximate surface area is 202 Å². The Morgan fingerprint density at radius 1 is 1.32 bits per heavy atom. The zero-order chi connectivity index (χ0) is 24.9. The average molecular weight is 477 g/mol. The van der Waals surface area contributed by atoms with Crippen LogP contribution in [0.15, 0.2) is 25.3 Å². The summed E-state index contributed by atoms with van der Waals surface area (Å²) in [5.41, 5.74) is -1.08. The van der Waals surface area contributed by atoms with Crippen LogP contribution >= 0.6 is 0 Å². The molecule has 3 aliphatic heterocycles. The third-order valence-electron chi connectivity index (χ3n) is 7.58. The number of carbonyl (C=O) groups is 3. The van der Waals surface area contributed by atoms with Gasteiger partial charge in [0, 0.05) is 13.1 Å². The highest BCUT2D eigenvalue weighted by molar-refractivity contribution is 5.98. The summed E-state index contributed by atoms with van der Waals surface area (Å²) < 4.78 is 11.9. The molecule has 0 radical (unpaired) electrons. The molecule has 3 saturated heterocycles. The summed E-state index contributed by atoms with van der Waals surface area (Å²) >= 11 is 0. The van der Waals surface area contributed by atoms with E-state index in [-0.39, 0.29) is 25.0 Å². The molecule has 0 aliphatic carbocycles. The van der Waals surface area contributed by atoms with Gasteiger partial charge in [-0.15, -0.1) is 13.2 Å². The number of unbranched alkanes of at least 4 members (excludes halogenated alkanes) is 2. The maximum Gasteiger partial charge on any atom is 0.312 e. The monoisotopic (exact) mass is 476 g/mol. The van der Waals surface area contributed by atoms with Crippen LogP contribution in [0.2, 0.25) is 0 Å². The minimum Gasteiger partial charge on any atom is -0.465 e. The zero-order valence-electron chi connectivity index (χ0n) is 20.6. The molecule has 3 aliphatic rings. The van der Waals surface area contributed by atoms with Gasteiger partial charge in [0.15, 0.2) is 0 Å². The maximum absolute atomic E-state index is 14.0. The van der Waals surface area contributed by atoms with Gasteiger partial charge in [0.2, 0.25) is 11.8 Å². The largest absolute Gasteiger partial charge is 0.465 e. The van der Waals surface area contributed by atoms with Gasteiger partial charge >= 0.3 is 5.97 Å². The van der Waals surface area contributed by atoms with E-state index in [1.54, 1.807) is 17.1 Å². The van der Waals surface area contributed by atoms with E-state index in [1.807, 2.05) is 6.92 Å². The minimum atomic E-state index is -1.08. The van der Waals surface area contributed by atoms with Gasteiger partial charge in [0.25, 0.3) is 0 Å². The molecule has 34 heavy (non-hydrogen) atoms. The van der Waals surface area contributed by atoms with E-state index >= 15 is 0 Å². The number of hydrogen-bond donors (Lipinski definition) is 1. The molecule has 6 atom stereocenters. The Kier molecular flexibility index (Phi) is 8.93. The number of nitrogens with zero attached hydrogens (tertiary/aromatic N) is 2. The number of carbonyl (C=O) groups excluding carboxylic acids is 3. The number of aliphatic hydroxyl groups is 1. The summed E-state index contributed by atoms with van der Waals surface area (Å²) in [5, 5.41) is 10.1. The molecule has 3 heterocycles. The first-order valence-electron chi connectivity index (χ1n) is 12.7. The molecule has 2 bridgehead atoms. The van der Waals surface area contributed by atoms with Crippen LogP contribution in [0.5, 0.6) is 0 Å². The van der Waals surface area contributed by atoms with Gasteiger partial charge in [-0.25, -0.2) is 0 Å². The Balaban J connectivity index is 1.97. The van der Waals surface area contributed by atoms with Gasteiger partial charge in [-0.2, -0.15) is 0 Å². The number of hydrogen-bond acceptors (Lipinski definition) is 6. The van der Waals surface area contributed by atoms with Crippen LogP contribution in [0.3, 0.4) is 0 Å². The number of likely N-dealkylation sites (tertiary alicyclic amines) is 1. The van der Waals surface area contributed by atoms with Gasteiger partial charge in [0.1, 0.15) is 11.6 Å². The van der Waals surface area contributed by atoms with Crippen LogP contribution in [0.1, 0.15) is 58.8 Å². The van der Waals surface area contributed by atoms with Crippen LogP contribution in [-0.2, 0) is 23.9 Å². The number of ether oxygens (including phenoxy) is 2. The Bertz CT molecular complexity index is 781. The summed E-state index contributed by atoms with van der Waals surface area (Å²) in [7, 11) is 0. The predicted octanol–water partition coefficient (Wildman–Crippen LogP) is 2.46. The second kappa shape index (κ2) is 11.5. The molecule has 0 aromatic rings. The highest BCUT2D eigenvalue weighted by atomic mass is 16.6. The molecular weight excluding hydrogens is 436 g/mol. The highest BCUT2D eigenvalue weighted by Gasteiger charge is 2.75. The fourth-order valence-corrected chi connectivity index (χ4v) is 5.96. The van der Waals surface area contributed by atoms with Crippen LogP contribution in [0.4, 0.5) is 0 Å². The van der Waals surface area contributed by atoms with E-state index in [0.29, 0.717) is 38.8 Å². The van der Waals surface area contributed by atoms with E-state index in [0.717, 1.165) is 19.3 Å². The third kappa shape index (κ3) is 4.54. The SMILES string of the molecule is C=CCCOC(=O)[C@@H]1[C@H]2C(=O)N([C@@H](CC)CO)C(C(=O)N(CC=C)CCCCC)C23CC[C@H]1O3. The molecule has 0 saturated carbocycles. The summed E-state index contributed by atoms with van der Waals surface area (Å²) in [6.07, 6.45) is 7.93. The Morgan fingerprint density at radius 2 is 2.09 bits per heavy atom. The second-order valence-electron chi connectivity index (χ2n) is 9.57. The molecular formula is C26H40N2O6. The molecule has 3 rings (SSSR count). The van der Waals surface area contributed by atoms with Gasteiger partial charge < -0.3 is 24.4 Å². The lowest BCUT2D eigenvalue weighted by Crippen LogP contribution is -2.58. The summed E-state index contributed by atoms with van der Waals surface area (Å²) in [6.45, 7) is 12.3. The first kappa shape index (κ1) is 26.4. The minimum absolute atomic E-state index is 0.194. The van der Waals surface area contributed by atoms with Gasteiger partial charge in [-0.05, 0) is 32.1 Å². The molecule has 3 fully saturated rings. The topological polar surface area (TPSA) is 96.4 Å². The average Bonchev–Trinajstić information content (AvgIpc) is 3.47. The van der Waals surface area contributed by atoms with Crippen LogP contribution in [0.25, 0.3) is 0 Å². The van der Waals surface area contributed by atoms with Crippen molar-refractivity contribution in [3.05, 3.63) is 25.3 Å². The number of rotatable bonds is 14. The highest BCUT2D eigenvalue weighted by Crippen LogP contribution is 2.59. The number of aliphatic hydroxyl groups excluding tert-OH is 1. The van der Waals surface area contributed by atoms with Crippen molar-refractivity contribution in [2.75, 3.05) is 26.3 Å². The van der Waals surface area contributed by atoms with Crippen molar-refractivity contribution in [1.29, 1.82) is 0 Å². The summed E-state index contributed by atoms with van der Waals surface area (Å²) in [6, 6.07) is -1.40. The molecule has 8 heteroatoms. The third-order valence-corrected chi connectivity index (χ3v) is 7.58. The first-order valence-corrected chi connectivity index (χ1v) is 12.7. The van der Waals surface area contributed by atoms with E-state index in [1.165, 1.54) is 4.90 Å². The van der Waals surface area contributed by atoms with Crippen molar-refractivity contribution in [3.63, 3.8) is 0 Å². The fourth-order valence-electron chi connectivity index (χ4n) is 5.96. The van der Waals surface area contributed by atoms with Crippen molar-refractivity contribution in [2.45, 2.75) is 82.6 Å². The number of fused-ring (bicyclic) bond motifs is 1. The van der Waals surface area contributed by atoms with Crippen molar-refractivity contribution in [3.8, 4) is 0 Å². The van der Waals surface area contributed by atoms with E-state index < -0.39 is 41.6 Å². The lowest BCUT2D eigenvalue weighted by Gasteiger charge is -2.39. The van der Waals surface area contributed by atoms with Crippen LogP contribution < -0.4 is 0 Å². The van der Waals surface area contributed by atoms with Crippen molar-refractivity contribution < 1.29 is 29.0 Å². The van der Waals surface area contributed by atoms with Crippen molar-refractivity contribution >= 4 is 17.8 Å². The standard InChI is InChI=1S/C26H40N2O6/c1-5-9-11-15-27(14-7-3)24(31)22-26-13-12-19(34-26)20(25(32)33-16-10-6-2)21(26)23(30)28(22)18(8-4)17-29/h6-7,18-22,29H,2-3,5,8-17H2,1,4H3/t18-,19+,20-,21-,22?,26?/m0/s1. The normalized spacial score (nSPS) is 30.2. The molecule has 0 aromatic heterocycles. The fraction of sp³-hybridized carbons (Fsp3) is 0.731.